The molecule has 1 aliphatic rings. The number of amides is 1. The van der Waals surface area contributed by atoms with Crippen molar-refractivity contribution < 1.29 is 14.3 Å². The zero-order valence-electron chi connectivity index (χ0n) is 15.2. The Labute approximate surface area is 152 Å². The first-order valence-corrected chi connectivity index (χ1v) is 8.84. The molecule has 1 fully saturated rings. The van der Waals surface area contributed by atoms with Gasteiger partial charge in [0, 0.05) is 6.61 Å². The summed E-state index contributed by atoms with van der Waals surface area (Å²) in [5, 5.41) is 6.47. The minimum Gasteiger partial charge on any atom is -0.379 e. The summed E-state index contributed by atoms with van der Waals surface area (Å²) in [6.45, 7) is 5.51. The highest BCUT2D eigenvalue weighted by Crippen LogP contribution is 2.12. The van der Waals surface area contributed by atoms with Crippen molar-refractivity contribution in [3.8, 4) is 0 Å². The number of allylic oxidation sites excluding steroid dienone is 1. The standard InChI is InChI=1S/C19H25N3O4/c1-13(2)7-10-26-17-8-9-25-12-16(17)20-18(23)11-22-19(24)14-5-3-4-6-15(14)21-22/h3-7,16-17,21H,8-12H2,1-2H3,(H,20,23)/t16-,17+/m1/s1. The van der Waals surface area contributed by atoms with Gasteiger partial charge in [-0.05, 0) is 32.4 Å². The van der Waals surface area contributed by atoms with Crippen molar-refractivity contribution >= 4 is 16.8 Å². The molecule has 2 aromatic rings. The molecule has 2 heterocycles. The van der Waals surface area contributed by atoms with Crippen LogP contribution in [0.3, 0.4) is 0 Å². The number of H-pyrrole nitrogens is 1. The van der Waals surface area contributed by atoms with Crippen LogP contribution in [0.5, 0.6) is 0 Å². The molecule has 7 heteroatoms. The van der Waals surface area contributed by atoms with Crippen LogP contribution in [0.2, 0.25) is 0 Å². The van der Waals surface area contributed by atoms with Gasteiger partial charge < -0.3 is 14.8 Å². The van der Waals surface area contributed by atoms with E-state index < -0.39 is 0 Å². The predicted octanol–water partition coefficient (Wildman–Crippen LogP) is 1.59. The van der Waals surface area contributed by atoms with Gasteiger partial charge in [-0.25, -0.2) is 4.68 Å². The average Bonchev–Trinajstić information content (AvgIpc) is 2.92. The van der Waals surface area contributed by atoms with Gasteiger partial charge in [-0.1, -0.05) is 23.8 Å². The third kappa shape index (κ3) is 4.42. The van der Waals surface area contributed by atoms with Gasteiger partial charge in [-0.3, -0.25) is 14.7 Å². The highest BCUT2D eigenvalue weighted by Gasteiger charge is 2.28. The summed E-state index contributed by atoms with van der Waals surface area (Å²) in [7, 11) is 0. The van der Waals surface area contributed by atoms with E-state index in [9.17, 15) is 9.59 Å². The van der Waals surface area contributed by atoms with Crippen LogP contribution in [-0.4, -0.2) is 47.7 Å². The summed E-state index contributed by atoms with van der Waals surface area (Å²) >= 11 is 0. The van der Waals surface area contributed by atoms with Gasteiger partial charge >= 0.3 is 0 Å². The van der Waals surface area contributed by atoms with Gasteiger partial charge in [0.05, 0.1) is 36.3 Å². The summed E-state index contributed by atoms with van der Waals surface area (Å²) in [5.41, 5.74) is 1.71. The summed E-state index contributed by atoms with van der Waals surface area (Å²) in [6.07, 6.45) is 2.65. The van der Waals surface area contributed by atoms with E-state index in [0.717, 1.165) is 6.42 Å². The van der Waals surface area contributed by atoms with Crippen LogP contribution >= 0.6 is 0 Å². The van der Waals surface area contributed by atoms with E-state index in [4.69, 9.17) is 9.47 Å². The molecule has 3 rings (SSSR count). The quantitative estimate of drug-likeness (QED) is 0.767. The minimum absolute atomic E-state index is 0.0648. The first-order chi connectivity index (χ1) is 12.5. The summed E-state index contributed by atoms with van der Waals surface area (Å²) in [4.78, 5) is 24.7. The number of carbonyl (C=O) groups excluding carboxylic acids is 1. The van der Waals surface area contributed by atoms with E-state index >= 15 is 0 Å². The molecular formula is C19H25N3O4. The van der Waals surface area contributed by atoms with E-state index in [2.05, 4.69) is 10.4 Å². The zero-order valence-corrected chi connectivity index (χ0v) is 15.2. The molecule has 0 bridgehead atoms. The van der Waals surface area contributed by atoms with Crippen LogP contribution in [0.4, 0.5) is 0 Å². The van der Waals surface area contributed by atoms with Crippen molar-refractivity contribution in [2.24, 2.45) is 0 Å². The molecule has 0 spiro atoms. The van der Waals surface area contributed by atoms with E-state index in [0.29, 0.717) is 30.7 Å². The number of nitrogens with zero attached hydrogens (tertiary/aromatic N) is 1. The van der Waals surface area contributed by atoms with Crippen LogP contribution in [-0.2, 0) is 20.8 Å². The molecule has 2 N–H and O–H groups in total. The monoisotopic (exact) mass is 359 g/mol. The third-order valence-electron chi connectivity index (χ3n) is 4.40. The molecular weight excluding hydrogens is 334 g/mol. The van der Waals surface area contributed by atoms with Crippen LogP contribution in [0.25, 0.3) is 10.9 Å². The van der Waals surface area contributed by atoms with Gasteiger partial charge in [-0.2, -0.15) is 0 Å². The van der Waals surface area contributed by atoms with Gasteiger partial charge in [0.2, 0.25) is 5.91 Å². The van der Waals surface area contributed by atoms with Crippen molar-refractivity contribution in [2.75, 3.05) is 19.8 Å². The molecule has 140 valence electrons. The van der Waals surface area contributed by atoms with Crippen molar-refractivity contribution in [3.05, 3.63) is 46.3 Å². The number of aromatic nitrogens is 2. The smallest absolute Gasteiger partial charge is 0.274 e. The number of rotatable bonds is 6. The first-order valence-electron chi connectivity index (χ1n) is 8.84. The number of nitrogens with one attached hydrogen (secondary N) is 2. The summed E-state index contributed by atoms with van der Waals surface area (Å²) in [6, 6.07) is 6.98. The lowest BCUT2D eigenvalue weighted by Crippen LogP contribution is -2.51. The zero-order chi connectivity index (χ0) is 18.5. The fourth-order valence-electron chi connectivity index (χ4n) is 3.01. The Balaban J connectivity index is 1.62. The van der Waals surface area contributed by atoms with Gasteiger partial charge in [0.1, 0.15) is 6.54 Å². The first kappa shape index (κ1) is 18.4. The molecule has 0 unspecified atom stereocenters. The highest BCUT2D eigenvalue weighted by atomic mass is 16.5. The fraction of sp³-hybridized carbons (Fsp3) is 0.474. The molecule has 1 aromatic heterocycles. The molecule has 1 aromatic carbocycles. The number of ether oxygens (including phenoxy) is 2. The van der Waals surface area contributed by atoms with E-state index in [-0.39, 0.29) is 30.2 Å². The van der Waals surface area contributed by atoms with Crippen LogP contribution < -0.4 is 10.9 Å². The Kier molecular flexibility index (Phi) is 5.90. The van der Waals surface area contributed by atoms with Crippen LogP contribution in [0, 0.1) is 0 Å². The summed E-state index contributed by atoms with van der Waals surface area (Å²) in [5.74, 6) is -0.245. The number of aromatic amines is 1. The lowest BCUT2D eigenvalue weighted by Gasteiger charge is -2.31. The average molecular weight is 359 g/mol. The van der Waals surface area contributed by atoms with Gasteiger partial charge in [0.15, 0.2) is 0 Å². The van der Waals surface area contributed by atoms with Crippen molar-refractivity contribution in [3.63, 3.8) is 0 Å². The van der Waals surface area contributed by atoms with Gasteiger partial charge in [-0.15, -0.1) is 0 Å². The largest absolute Gasteiger partial charge is 0.379 e. The second-order valence-corrected chi connectivity index (χ2v) is 6.74. The van der Waals surface area contributed by atoms with E-state index in [1.165, 1.54) is 10.3 Å². The van der Waals surface area contributed by atoms with Crippen molar-refractivity contribution in [1.82, 2.24) is 15.1 Å². The molecule has 0 radical (unpaired) electrons. The highest BCUT2D eigenvalue weighted by molar-refractivity contribution is 5.79. The van der Waals surface area contributed by atoms with E-state index in [1.807, 2.05) is 32.1 Å². The molecule has 1 saturated heterocycles. The number of hydrogen-bond donors (Lipinski definition) is 2. The SMILES string of the molecule is CC(C)=CCO[C@H]1CCOC[C@H]1NC(=O)Cn1[nH]c2ccccc2c1=O. The second kappa shape index (κ2) is 8.33. The Morgan fingerprint density at radius 2 is 2.23 bits per heavy atom. The number of para-hydroxylation sites is 1. The second-order valence-electron chi connectivity index (χ2n) is 6.74. The maximum absolute atomic E-state index is 12.4. The Hall–Kier alpha value is -2.38. The Morgan fingerprint density at radius 3 is 3.00 bits per heavy atom. The van der Waals surface area contributed by atoms with E-state index in [1.54, 1.807) is 12.1 Å². The molecule has 1 amide bonds. The number of hydrogen-bond acceptors (Lipinski definition) is 4. The van der Waals surface area contributed by atoms with Crippen LogP contribution in [0.1, 0.15) is 20.3 Å². The maximum Gasteiger partial charge on any atom is 0.274 e. The normalized spacial score (nSPS) is 20.1. The Morgan fingerprint density at radius 1 is 1.42 bits per heavy atom. The molecule has 0 aliphatic carbocycles. The summed E-state index contributed by atoms with van der Waals surface area (Å²) < 4.78 is 12.7. The maximum atomic E-state index is 12.4. The number of benzene rings is 1. The third-order valence-corrected chi connectivity index (χ3v) is 4.40. The molecule has 0 saturated carbocycles. The van der Waals surface area contributed by atoms with Crippen molar-refractivity contribution in [1.29, 1.82) is 0 Å². The van der Waals surface area contributed by atoms with Crippen LogP contribution in [0.15, 0.2) is 40.7 Å². The molecule has 1 aliphatic heterocycles. The van der Waals surface area contributed by atoms with Gasteiger partial charge in [0.25, 0.3) is 5.56 Å². The fourth-order valence-corrected chi connectivity index (χ4v) is 3.01. The Bertz CT molecular complexity index is 848. The molecule has 7 nitrogen and oxygen atoms in total. The number of fused-ring (bicyclic) bond motifs is 1. The number of carbonyl (C=O) groups is 1. The minimum atomic E-state index is -0.245. The predicted molar refractivity (Wildman–Crippen MR) is 99.1 cm³/mol. The molecule has 26 heavy (non-hydrogen) atoms. The van der Waals surface area contributed by atoms with Crippen molar-refractivity contribution in [2.45, 2.75) is 39.0 Å². The topological polar surface area (TPSA) is 85.3 Å². The lowest BCUT2D eigenvalue weighted by atomic mass is 10.1. The lowest BCUT2D eigenvalue weighted by molar-refractivity contribution is -0.126. The molecule has 2 atom stereocenters.